The van der Waals surface area contributed by atoms with Gasteiger partial charge in [0.25, 0.3) is 5.91 Å². The molecule has 7 rings (SSSR count). The number of alkyl halides is 3. The third-order valence-electron chi connectivity index (χ3n) is 10.2. The third kappa shape index (κ3) is 8.15. The second-order valence-corrected chi connectivity index (χ2v) is 15.4. The Morgan fingerprint density at radius 2 is 1.96 bits per heavy atom. The number of aromatic nitrogens is 4. The van der Waals surface area contributed by atoms with Gasteiger partial charge in [0.2, 0.25) is 5.88 Å². The van der Waals surface area contributed by atoms with Crippen LogP contribution in [0.4, 0.5) is 24.8 Å². The number of anilines is 2. The molecular formula is C37H44F3N7O3S. The van der Waals surface area contributed by atoms with Crippen LogP contribution in [0.1, 0.15) is 82.0 Å². The molecule has 1 atom stereocenters. The van der Waals surface area contributed by atoms with Crippen LogP contribution in [0.15, 0.2) is 65.4 Å². The molecule has 0 spiro atoms. The fraction of sp³-hybridized carbons (Fsp3) is 0.514. The van der Waals surface area contributed by atoms with Crippen LogP contribution in [0.25, 0.3) is 5.82 Å². The fourth-order valence-electron chi connectivity index (χ4n) is 7.24. The summed E-state index contributed by atoms with van der Waals surface area (Å²) in [6.45, 7) is 6.46. The lowest BCUT2D eigenvalue weighted by molar-refractivity contribution is -0.189. The average Bonchev–Trinajstić information content (AvgIpc) is 3.66. The van der Waals surface area contributed by atoms with E-state index >= 15 is 0 Å². The number of halogens is 3. The van der Waals surface area contributed by atoms with Crippen molar-refractivity contribution >= 4 is 29.5 Å². The van der Waals surface area contributed by atoms with Crippen molar-refractivity contribution in [2.45, 2.75) is 88.4 Å². The molecular weight excluding hydrogens is 680 g/mol. The molecule has 4 bridgehead atoms. The zero-order valence-electron chi connectivity index (χ0n) is 29.0. The first-order chi connectivity index (χ1) is 24.5. The van der Waals surface area contributed by atoms with E-state index in [1.807, 2.05) is 12.1 Å². The quantitative estimate of drug-likeness (QED) is 0.168. The Kier molecular flexibility index (Phi) is 9.97. The second kappa shape index (κ2) is 14.4. The van der Waals surface area contributed by atoms with Gasteiger partial charge in [-0.1, -0.05) is 18.2 Å². The summed E-state index contributed by atoms with van der Waals surface area (Å²) >= 11 is 1.13. The average molecular weight is 724 g/mol. The molecule has 2 N–H and O–H groups in total. The summed E-state index contributed by atoms with van der Waals surface area (Å²) in [5, 5.41) is 8.55. The number of ether oxygens (including phenoxy) is 2. The van der Waals surface area contributed by atoms with Crippen LogP contribution in [0.5, 0.6) is 11.6 Å². The van der Waals surface area contributed by atoms with Crippen molar-refractivity contribution < 1.29 is 27.4 Å². The summed E-state index contributed by atoms with van der Waals surface area (Å²) in [6.07, 6.45) is 9.64. The maximum atomic E-state index is 13.9. The van der Waals surface area contributed by atoms with E-state index in [-0.39, 0.29) is 37.3 Å². The summed E-state index contributed by atoms with van der Waals surface area (Å²) in [4.78, 5) is 25.8. The topological polar surface area (TPSA) is 106 Å². The number of allylic oxidation sites excluding steroid dienone is 2. The number of nitrogens with zero attached hydrogens (tertiary/aromatic N) is 5. The van der Waals surface area contributed by atoms with Crippen molar-refractivity contribution in [1.29, 1.82) is 0 Å². The standard InChI is InChI=1S/C37H44F3N7O3S/c1-35(2)22-26-10-6-17-41-29-20-27(50-24-25-8-4-3-5-9-25)21-32(42-29)51-45-34(48)28-11-12-30(43-33(28)46(35)23-26)47-18-13-31(44-47)49-19-7-14-36(15-16-36)37(38,39)40/h4,8-9,11-13,18,20-21,26H,3,5-7,10,14-17,19,22-24H2,1-2H3,(H,41,42)(H,45,48). The molecule has 2 aliphatic carbocycles. The van der Waals surface area contributed by atoms with Crippen molar-refractivity contribution in [1.82, 2.24) is 24.5 Å². The van der Waals surface area contributed by atoms with E-state index in [1.165, 1.54) is 0 Å². The van der Waals surface area contributed by atoms with Gasteiger partial charge in [0.05, 0.1) is 17.6 Å². The van der Waals surface area contributed by atoms with Gasteiger partial charge in [-0.25, -0.2) is 14.6 Å². The number of carbonyl (C=O) groups excluding carboxylic acids is 1. The Morgan fingerprint density at radius 3 is 2.75 bits per heavy atom. The Morgan fingerprint density at radius 1 is 1.10 bits per heavy atom. The smallest absolute Gasteiger partial charge is 0.394 e. The third-order valence-corrected chi connectivity index (χ3v) is 10.9. The minimum Gasteiger partial charge on any atom is -0.489 e. The van der Waals surface area contributed by atoms with E-state index in [1.54, 1.807) is 29.1 Å². The Balaban J connectivity index is 1.09. The van der Waals surface area contributed by atoms with Crippen molar-refractivity contribution in [2.75, 3.05) is 36.5 Å². The van der Waals surface area contributed by atoms with Crippen LogP contribution in [0.2, 0.25) is 0 Å². The van der Waals surface area contributed by atoms with Crippen LogP contribution in [-0.2, 0) is 0 Å². The number of rotatable bonds is 9. The molecule has 272 valence electrons. The Bertz CT molecular complexity index is 1800. The van der Waals surface area contributed by atoms with Gasteiger partial charge in [0, 0.05) is 55.0 Å². The van der Waals surface area contributed by atoms with E-state index in [0.717, 1.165) is 62.7 Å². The van der Waals surface area contributed by atoms with Crippen molar-refractivity contribution in [3.8, 4) is 17.4 Å². The molecule has 10 nitrogen and oxygen atoms in total. The molecule has 3 aromatic rings. The molecule has 1 unspecified atom stereocenters. The summed E-state index contributed by atoms with van der Waals surface area (Å²) in [6, 6.07) is 8.90. The highest BCUT2D eigenvalue weighted by Crippen LogP contribution is 2.60. The molecule has 2 fully saturated rings. The number of carbonyl (C=O) groups is 1. The molecule has 2 aliphatic heterocycles. The van der Waals surface area contributed by atoms with Crippen molar-refractivity contribution in [3.63, 3.8) is 0 Å². The molecule has 14 heteroatoms. The lowest BCUT2D eigenvalue weighted by atomic mass is 9.93. The molecule has 4 aliphatic rings. The van der Waals surface area contributed by atoms with Crippen LogP contribution in [-0.4, -0.2) is 63.7 Å². The molecule has 1 saturated carbocycles. The molecule has 1 amide bonds. The maximum absolute atomic E-state index is 13.9. The summed E-state index contributed by atoms with van der Waals surface area (Å²) in [5.41, 5.74) is -0.230. The Hall–Kier alpha value is -4.20. The number of pyridine rings is 2. The van der Waals surface area contributed by atoms with Crippen molar-refractivity contribution in [2.24, 2.45) is 11.3 Å². The van der Waals surface area contributed by atoms with Crippen LogP contribution >= 0.6 is 11.9 Å². The van der Waals surface area contributed by atoms with Crippen LogP contribution in [0, 0.1) is 11.3 Å². The van der Waals surface area contributed by atoms with E-state index in [4.69, 9.17) is 19.4 Å². The van der Waals surface area contributed by atoms with Crippen molar-refractivity contribution in [3.05, 3.63) is 65.9 Å². The summed E-state index contributed by atoms with van der Waals surface area (Å²) < 4.78 is 56.3. The van der Waals surface area contributed by atoms with Crippen LogP contribution < -0.4 is 24.4 Å². The van der Waals surface area contributed by atoms with Gasteiger partial charge in [0.15, 0.2) is 5.82 Å². The number of fused-ring (bicyclic) bond motifs is 6. The normalized spacial score (nSPS) is 21.0. The lowest BCUT2D eigenvalue weighted by Crippen LogP contribution is -2.40. The molecule has 0 aromatic carbocycles. The maximum Gasteiger partial charge on any atom is 0.394 e. The van der Waals surface area contributed by atoms with Gasteiger partial charge in [-0.05, 0) is 95.3 Å². The number of amides is 1. The zero-order valence-corrected chi connectivity index (χ0v) is 29.8. The fourth-order valence-corrected chi connectivity index (χ4v) is 7.86. The second-order valence-electron chi connectivity index (χ2n) is 14.5. The predicted molar refractivity (Wildman–Crippen MR) is 191 cm³/mol. The van der Waals surface area contributed by atoms with E-state index in [9.17, 15) is 18.0 Å². The largest absolute Gasteiger partial charge is 0.489 e. The van der Waals surface area contributed by atoms with Gasteiger partial charge >= 0.3 is 6.18 Å². The monoisotopic (exact) mass is 723 g/mol. The number of nitrogens with one attached hydrogen (secondary N) is 2. The Labute approximate surface area is 300 Å². The first-order valence-corrected chi connectivity index (χ1v) is 18.6. The first kappa shape index (κ1) is 35.2. The van der Waals surface area contributed by atoms with Gasteiger partial charge < -0.3 is 19.7 Å². The highest BCUT2D eigenvalue weighted by Gasteiger charge is 2.62. The molecule has 3 aromatic heterocycles. The number of hydrogen-bond donors (Lipinski definition) is 2. The first-order valence-electron chi connectivity index (χ1n) is 17.7. The minimum atomic E-state index is -4.17. The van der Waals surface area contributed by atoms with E-state index in [2.05, 4.69) is 52.1 Å². The summed E-state index contributed by atoms with van der Waals surface area (Å²) in [7, 11) is 0. The minimum absolute atomic E-state index is 0.0553. The zero-order chi connectivity index (χ0) is 35.6. The van der Waals surface area contributed by atoms with E-state index < -0.39 is 11.6 Å². The molecule has 51 heavy (non-hydrogen) atoms. The van der Waals surface area contributed by atoms with Gasteiger partial charge in [-0.2, -0.15) is 13.2 Å². The number of hydrogen-bond acceptors (Lipinski definition) is 9. The van der Waals surface area contributed by atoms with E-state index in [0.29, 0.717) is 58.6 Å². The molecule has 0 radical (unpaired) electrons. The summed E-state index contributed by atoms with van der Waals surface area (Å²) in [5.74, 6) is 2.82. The van der Waals surface area contributed by atoms with Crippen LogP contribution in [0.3, 0.4) is 0 Å². The highest BCUT2D eigenvalue weighted by atomic mass is 32.2. The molecule has 1 saturated heterocycles. The predicted octanol–water partition coefficient (Wildman–Crippen LogP) is 8.07. The molecule has 5 heterocycles. The van der Waals surface area contributed by atoms with Gasteiger partial charge in [-0.15, -0.1) is 5.10 Å². The SMILES string of the molecule is CC1(C)CC2CCCNc3cc(OCC4=CCCC=C4)cc(n3)SNC(=O)c3ccc(-n4ccc(OCCCC5(C(F)(F)F)CC5)n4)nc3N1C2. The van der Waals surface area contributed by atoms with Gasteiger partial charge in [-0.3, -0.25) is 9.52 Å². The highest BCUT2D eigenvalue weighted by molar-refractivity contribution is 7.97. The lowest BCUT2D eigenvalue weighted by Gasteiger charge is -2.34. The van der Waals surface area contributed by atoms with Gasteiger partial charge in [0.1, 0.15) is 29.0 Å².